The van der Waals surface area contributed by atoms with Gasteiger partial charge in [0, 0.05) is 24.9 Å². The van der Waals surface area contributed by atoms with E-state index in [2.05, 4.69) is 10.1 Å². The summed E-state index contributed by atoms with van der Waals surface area (Å²) in [5, 5.41) is 4.38. The summed E-state index contributed by atoms with van der Waals surface area (Å²) in [7, 11) is 0. The molecule has 1 aromatic carbocycles. The second kappa shape index (κ2) is 5.89. The van der Waals surface area contributed by atoms with Gasteiger partial charge in [-0.1, -0.05) is 0 Å². The molecule has 1 aliphatic heterocycles. The number of nitrogens with zero attached hydrogens (tertiary/aromatic N) is 3. The summed E-state index contributed by atoms with van der Waals surface area (Å²) < 4.78 is 14.3. The number of likely N-dealkylation sites (tertiary alicyclic amines) is 1. The lowest BCUT2D eigenvalue weighted by Crippen LogP contribution is -2.40. The molecule has 2 aliphatic rings. The van der Waals surface area contributed by atoms with E-state index in [0.717, 1.165) is 32.2 Å². The molecular weight excluding hydrogens is 311 g/mol. The van der Waals surface area contributed by atoms with Crippen molar-refractivity contribution < 1.29 is 9.18 Å². The Morgan fingerprint density at radius 1 is 1.21 bits per heavy atom. The first-order chi connectivity index (χ1) is 11.6. The normalized spacial score (nSPS) is 21.0. The van der Waals surface area contributed by atoms with Crippen LogP contribution in [0.15, 0.2) is 29.1 Å². The highest BCUT2D eigenvalue weighted by molar-refractivity contribution is 5.81. The van der Waals surface area contributed by atoms with E-state index in [9.17, 15) is 14.0 Å². The molecule has 2 fully saturated rings. The zero-order valence-corrected chi connectivity index (χ0v) is 13.2. The van der Waals surface area contributed by atoms with E-state index in [4.69, 9.17) is 0 Å². The summed E-state index contributed by atoms with van der Waals surface area (Å²) in [6.45, 7) is 1.39. The Bertz CT molecular complexity index is 807. The molecule has 7 heteroatoms. The van der Waals surface area contributed by atoms with Gasteiger partial charge in [-0.25, -0.2) is 9.18 Å². The van der Waals surface area contributed by atoms with E-state index >= 15 is 0 Å². The van der Waals surface area contributed by atoms with Crippen LogP contribution in [0.5, 0.6) is 0 Å². The van der Waals surface area contributed by atoms with Crippen molar-refractivity contribution in [2.24, 2.45) is 5.92 Å². The molecule has 0 spiro atoms. The lowest BCUT2D eigenvalue weighted by atomic mass is 9.97. The largest absolute Gasteiger partial charge is 0.348 e. The van der Waals surface area contributed by atoms with Crippen LogP contribution in [0.25, 0.3) is 5.69 Å². The van der Waals surface area contributed by atoms with Crippen LogP contribution in [0, 0.1) is 11.7 Å². The third-order valence-electron chi connectivity index (χ3n) is 4.75. The summed E-state index contributed by atoms with van der Waals surface area (Å²) >= 11 is 0. The Morgan fingerprint density at radius 2 is 1.96 bits per heavy atom. The molecule has 4 rings (SSSR count). The van der Waals surface area contributed by atoms with Crippen LogP contribution in [0.1, 0.15) is 37.4 Å². The number of carbonyl (C=O) groups is 1. The van der Waals surface area contributed by atoms with Gasteiger partial charge >= 0.3 is 5.69 Å². The molecular formula is C17H19FN4O2. The van der Waals surface area contributed by atoms with E-state index < -0.39 is 0 Å². The number of carbonyl (C=O) groups excluding carboxylic acids is 1. The Morgan fingerprint density at radius 3 is 2.67 bits per heavy atom. The van der Waals surface area contributed by atoms with E-state index in [1.807, 2.05) is 4.90 Å². The molecule has 1 unspecified atom stereocenters. The summed E-state index contributed by atoms with van der Waals surface area (Å²) in [6, 6.07) is 5.63. The maximum absolute atomic E-state index is 13.0. The maximum atomic E-state index is 13.0. The second-order valence-corrected chi connectivity index (χ2v) is 6.60. The summed E-state index contributed by atoms with van der Waals surface area (Å²) in [6.07, 6.45) is 3.80. The number of aromatic amines is 1. The average Bonchev–Trinajstić information content (AvgIpc) is 3.38. The lowest BCUT2D eigenvalue weighted by molar-refractivity contribution is -0.133. The smallest absolute Gasteiger partial charge is 0.342 e. The Hall–Kier alpha value is -2.44. The monoisotopic (exact) mass is 330 g/mol. The van der Waals surface area contributed by atoms with Crippen molar-refractivity contribution in [3.8, 4) is 5.69 Å². The summed E-state index contributed by atoms with van der Waals surface area (Å²) in [4.78, 5) is 29.1. The first-order valence-electron chi connectivity index (χ1n) is 8.36. The van der Waals surface area contributed by atoms with Gasteiger partial charge in [-0.05, 0) is 49.9 Å². The van der Waals surface area contributed by atoms with Crippen LogP contribution in [-0.2, 0) is 4.79 Å². The first-order valence-corrected chi connectivity index (χ1v) is 8.36. The predicted octanol–water partition coefficient (Wildman–Crippen LogP) is 1.82. The van der Waals surface area contributed by atoms with Gasteiger partial charge in [-0.2, -0.15) is 4.68 Å². The fourth-order valence-corrected chi connectivity index (χ4v) is 3.27. The zero-order valence-electron chi connectivity index (χ0n) is 13.2. The molecule has 24 heavy (non-hydrogen) atoms. The van der Waals surface area contributed by atoms with Crippen molar-refractivity contribution in [3.05, 3.63) is 46.4 Å². The van der Waals surface area contributed by atoms with Crippen molar-refractivity contribution in [2.75, 3.05) is 13.1 Å². The van der Waals surface area contributed by atoms with Gasteiger partial charge in [-0.3, -0.25) is 9.78 Å². The van der Waals surface area contributed by atoms with E-state index in [1.165, 1.54) is 28.9 Å². The molecule has 6 nitrogen and oxygen atoms in total. The molecule has 0 bridgehead atoms. The summed E-state index contributed by atoms with van der Waals surface area (Å²) in [5.41, 5.74) is 0.174. The molecule has 2 heterocycles. The van der Waals surface area contributed by atoms with Gasteiger partial charge in [0.2, 0.25) is 5.91 Å². The number of amides is 1. The molecule has 1 N–H and O–H groups in total. The standard InChI is InChI=1S/C17H19FN4O2/c18-13-5-7-14(8-6-13)22-17(24)19-15(20-22)12-2-1-9-21(10-12)16(23)11-3-4-11/h5-8,11-12H,1-4,9-10H2,(H,19,20,24). The van der Waals surface area contributed by atoms with Crippen molar-refractivity contribution in [3.63, 3.8) is 0 Å². The van der Waals surface area contributed by atoms with Crippen LogP contribution in [0.2, 0.25) is 0 Å². The van der Waals surface area contributed by atoms with Crippen molar-refractivity contribution >= 4 is 5.91 Å². The van der Waals surface area contributed by atoms with E-state index in [-0.39, 0.29) is 29.2 Å². The third-order valence-corrected chi connectivity index (χ3v) is 4.75. The number of hydrogen-bond acceptors (Lipinski definition) is 3. The maximum Gasteiger partial charge on any atom is 0.348 e. The minimum absolute atomic E-state index is 0.0378. The van der Waals surface area contributed by atoms with E-state index in [0.29, 0.717) is 18.1 Å². The molecule has 2 aromatic rings. The van der Waals surface area contributed by atoms with Gasteiger partial charge in [0.1, 0.15) is 11.6 Å². The first kappa shape index (κ1) is 15.1. The number of H-pyrrole nitrogens is 1. The van der Waals surface area contributed by atoms with Crippen molar-refractivity contribution in [2.45, 2.75) is 31.6 Å². The van der Waals surface area contributed by atoms with Gasteiger partial charge in [0.25, 0.3) is 0 Å². The molecule has 1 aromatic heterocycles. The van der Waals surface area contributed by atoms with Crippen molar-refractivity contribution in [1.82, 2.24) is 19.7 Å². The molecule has 0 radical (unpaired) electrons. The number of aromatic nitrogens is 3. The van der Waals surface area contributed by atoms with Crippen LogP contribution in [-0.4, -0.2) is 38.7 Å². The van der Waals surface area contributed by atoms with Gasteiger partial charge < -0.3 is 4.90 Å². The summed E-state index contributed by atoms with van der Waals surface area (Å²) in [5.74, 6) is 0.720. The molecule has 1 atom stereocenters. The topological polar surface area (TPSA) is 71.0 Å². The predicted molar refractivity (Wildman–Crippen MR) is 85.4 cm³/mol. The highest BCUT2D eigenvalue weighted by Gasteiger charge is 2.36. The lowest BCUT2D eigenvalue weighted by Gasteiger charge is -2.31. The second-order valence-electron chi connectivity index (χ2n) is 6.60. The minimum atomic E-state index is -0.357. The zero-order chi connectivity index (χ0) is 16.7. The average molecular weight is 330 g/mol. The van der Waals surface area contributed by atoms with Crippen LogP contribution in [0.4, 0.5) is 4.39 Å². The Labute approximate surface area is 138 Å². The highest BCUT2D eigenvalue weighted by Crippen LogP contribution is 2.33. The number of piperidine rings is 1. The van der Waals surface area contributed by atoms with Crippen molar-refractivity contribution in [1.29, 1.82) is 0 Å². The Kier molecular flexibility index (Phi) is 3.70. The van der Waals surface area contributed by atoms with Crippen LogP contribution < -0.4 is 5.69 Å². The molecule has 126 valence electrons. The molecule has 1 saturated carbocycles. The number of rotatable bonds is 3. The molecule has 1 amide bonds. The van der Waals surface area contributed by atoms with Crippen LogP contribution in [0.3, 0.4) is 0 Å². The quantitative estimate of drug-likeness (QED) is 0.933. The Balaban J connectivity index is 1.56. The minimum Gasteiger partial charge on any atom is -0.342 e. The SMILES string of the molecule is O=C(C1CC1)N1CCCC(c2nn(-c3ccc(F)cc3)c(=O)[nH]2)C1. The number of hydrogen-bond donors (Lipinski definition) is 1. The third kappa shape index (κ3) is 2.86. The highest BCUT2D eigenvalue weighted by atomic mass is 19.1. The number of nitrogens with one attached hydrogen (secondary N) is 1. The fourth-order valence-electron chi connectivity index (χ4n) is 3.27. The van der Waals surface area contributed by atoms with Crippen LogP contribution >= 0.6 is 0 Å². The molecule has 1 aliphatic carbocycles. The van der Waals surface area contributed by atoms with E-state index in [1.54, 1.807) is 0 Å². The van der Waals surface area contributed by atoms with Gasteiger partial charge in [-0.15, -0.1) is 5.10 Å². The number of benzene rings is 1. The van der Waals surface area contributed by atoms with Gasteiger partial charge in [0.15, 0.2) is 0 Å². The number of halogens is 1. The molecule has 1 saturated heterocycles. The van der Waals surface area contributed by atoms with Gasteiger partial charge in [0.05, 0.1) is 5.69 Å². The fraction of sp³-hybridized carbons (Fsp3) is 0.471.